The summed E-state index contributed by atoms with van der Waals surface area (Å²) in [6.45, 7) is 8.64. The summed E-state index contributed by atoms with van der Waals surface area (Å²) in [6, 6.07) is 9.76. The zero-order chi connectivity index (χ0) is 14.6. The van der Waals surface area contributed by atoms with Gasteiger partial charge >= 0.3 is 0 Å². The molecule has 1 saturated heterocycles. The molecule has 3 heteroatoms. The first-order chi connectivity index (χ1) is 9.44. The fourth-order valence-corrected chi connectivity index (χ4v) is 3.79. The van der Waals surface area contributed by atoms with E-state index >= 15 is 0 Å². The molecular formula is C17H28N2S. The molecule has 0 bridgehead atoms. The molecule has 1 unspecified atom stereocenters. The van der Waals surface area contributed by atoms with E-state index in [-0.39, 0.29) is 5.54 Å². The number of nitrogens with zero attached hydrogens (tertiary/aromatic N) is 1. The molecule has 0 amide bonds. The van der Waals surface area contributed by atoms with Gasteiger partial charge in [0, 0.05) is 30.4 Å². The van der Waals surface area contributed by atoms with Crippen molar-refractivity contribution >= 4 is 11.8 Å². The Hall–Kier alpha value is -0.510. The van der Waals surface area contributed by atoms with Crippen LogP contribution in [0.3, 0.4) is 0 Å². The van der Waals surface area contributed by atoms with Crippen LogP contribution in [0.1, 0.15) is 38.3 Å². The minimum atomic E-state index is 0.174. The van der Waals surface area contributed by atoms with Gasteiger partial charge in [-0.3, -0.25) is 4.90 Å². The number of hydrogen-bond acceptors (Lipinski definition) is 3. The quantitative estimate of drug-likeness (QED) is 0.894. The second-order valence-corrected chi connectivity index (χ2v) is 8.01. The van der Waals surface area contributed by atoms with Crippen LogP contribution in [0.4, 0.5) is 0 Å². The number of benzene rings is 1. The lowest BCUT2D eigenvalue weighted by Gasteiger charge is -2.24. The molecular weight excluding hydrogens is 264 g/mol. The highest BCUT2D eigenvalue weighted by atomic mass is 32.2. The summed E-state index contributed by atoms with van der Waals surface area (Å²) in [6.07, 6.45) is 1.34. The van der Waals surface area contributed by atoms with Crippen molar-refractivity contribution in [2.75, 3.05) is 18.6 Å². The molecule has 112 valence electrons. The maximum absolute atomic E-state index is 3.56. The van der Waals surface area contributed by atoms with Crippen LogP contribution < -0.4 is 5.32 Å². The topological polar surface area (TPSA) is 15.3 Å². The Labute approximate surface area is 128 Å². The van der Waals surface area contributed by atoms with Gasteiger partial charge in [-0.1, -0.05) is 24.3 Å². The van der Waals surface area contributed by atoms with E-state index in [1.54, 1.807) is 0 Å². The molecule has 0 radical (unpaired) electrons. The second-order valence-electron chi connectivity index (χ2n) is 6.86. The number of nitrogens with one attached hydrogen (secondary N) is 1. The fourth-order valence-electron chi connectivity index (χ4n) is 2.49. The molecule has 0 saturated carbocycles. The summed E-state index contributed by atoms with van der Waals surface area (Å²) in [5.41, 5.74) is 2.98. The van der Waals surface area contributed by atoms with E-state index in [0.717, 1.165) is 19.1 Å². The zero-order valence-electron chi connectivity index (χ0n) is 13.3. The van der Waals surface area contributed by atoms with E-state index in [2.05, 4.69) is 74.1 Å². The van der Waals surface area contributed by atoms with Crippen LogP contribution in [-0.4, -0.2) is 35.0 Å². The predicted octanol–water partition coefficient (Wildman–Crippen LogP) is 3.51. The molecule has 1 aliphatic heterocycles. The van der Waals surface area contributed by atoms with Gasteiger partial charge in [0.15, 0.2) is 0 Å². The van der Waals surface area contributed by atoms with E-state index in [4.69, 9.17) is 0 Å². The lowest BCUT2D eigenvalue weighted by molar-refractivity contribution is 0.254. The second kappa shape index (κ2) is 6.97. The van der Waals surface area contributed by atoms with Gasteiger partial charge in [-0.2, -0.15) is 11.8 Å². The number of rotatable bonds is 5. The standard InChI is InChI=1S/C17H28N2S/c1-17(2,3)18-11-14-6-5-7-15(10-14)12-19(4)16-8-9-20-13-16/h5-7,10,16,18H,8-9,11-13H2,1-4H3. The Bertz CT molecular complexity index is 419. The van der Waals surface area contributed by atoms with Crippen LogP contribution in [0.15, 0.2) is 24.3 Å². The third-order valence-corrected chi connectivity index (χ3v) is 4.92. The molecule has 1 aromatic carbocycles. The van der Waals surface area contributed by atoms with Crippen molar-refractivity contribution in [2.24, 2.45) is 0 Å². The molecule has 0 spiro atoms. The SMILES string of the molecule is CN(Cc1cccc(CNC(C)(C)C)c1)C1CCSC1. The minimum absolute atomic E-state index is 0.174. The van der Waals surface area contributed by atoms with Crippen molar-refractivity contribution < 1.29 is 0 Å². The number of thioether (sulfide) groups is 1. The predicted molar refractivity (Wildman–Crippen MR) is 90.2 cm³/mol. The van der Waals surface area contributed by atoms with Gasteiger partial charge in [-0.15, -0.1) is 0 Å². The smallest absolute Gasteiger partial charge is 0.0234 e. The highest BCUT2D eigenvalue weighted by Crippen LogP contribution is 2.22. The summed E-state index contributed by atoms with van der Waals surface area (Å²) in [5, 5.41) is 3.56. The normalized spacial score (nSPS) is 19.8. The molecule has 1 atom stereocenters. The van der Waals surface area contributed by atoms with Gasteiger partial charge in [-0.25, -0.2) is 0 Å². The van der Waals surface area contributed by atoms with Crippen LogP contribution in [0.25, 0.3) is 0 Å². The molecule has 1 heterocycles. The Morgan fingerprint density at radius 2 is 2.05 bits per heavy atom. The van der Waals surface area contributed by atoms with Crippen molar-refractivity contribution in [3.63, 3.8) is 0 Å². The lowest BCUT2D eigenvalue weighted by atomic mass is 10.1. The van der Waals surface area contributed by atoms with Gasteiger partial charge in [0.1, 0.15) is 0 Å². The molecule has 1 fully saturated rings. The van der Waals surface area contributed by atoms with Crippen LogP contribution in [0.2, 0.25) is 0 Å². The van der Waals surface area contributed by atoms with Crippen molar-refractivity contribution in [2.45, 2.75) is 51.9 Å². The van der Waals surface area contributed by atoms with Crippen molar-refractivity contribution in [3.05, 3.63) is 35.4 Å². The minimum Gasteiger partial charge on any atom is -0.308 e. The first-order valence-electron chi connectivity index (χ1n) is 7.55. The summed E-state index contributed by atoms with van der Waals surface area (Å²) in [7, 11) is 2.26. The molecule has 1 aliphatic rings. The third-order valence-electron chi connectivity index (χ3n) is 3.78. The molecule has 1 aromatic rings. The first-order valence-corrected chi connectivity index (χ1v) is 8.70. The van der Waals surface area contributed by atoms with Crippen LogP contribution in [0, 0.1) is 0 Å². The van der Waals surface area contributed by atoms with Crippen LogP contribution in [-0.2, 0) is 13.1 Å². The molecule has 1 N–H and O–H groups in total. The van der Waals surface area contributed by atoms with Crippen LogP contribution >= 0.6 is 11.8 Å². The average molecular weight is 292 g/mol. The molecule has 2 rings (SSSR count). The largest absolute Gasteiger partial charge is 0.308 e. The zero-order valence-corrected chi connectivity index (χ0v) is 14.1. The number of hydrogen-bond donors (Lipinski definition) is 1. The van der Waals surface area contributed by atoms with Crippen molar-refractivity contribution in [1.29, 1.82) is 0 Å². The van der Waals surface area contributed by atoms with Gasteiger partial charge in [-0.05, 0) is 51.1 Å². The molecule has 0 aromatic heterocycles. The third kappa shape index (κ3) is 5.12. The molecule has 2 nitrogen and oxygen atoms in total. The average Bonchev–Trinajstić information content (AvgIpc) is 2.90. The first kappa shape index (κ1) is 15.9. The van der Waals surface area contributed by atoms with Crippen molar-refractivity contribution in [3.8, 4) is 0 Å². The lowest BCUT2D eigenvalue weighted by Crippen LogP contribution is -2.35. The fraction of sp³-hybridized carbons (Fsp3) is 0.647. The molecule has 20 heavy (non-hydrogen) atoms. The van der Waals surface area contributed by atoms with E-state index in [1.165, 1.54) is 29.1 Å². The van der Waals surface area contributed by atoms with Gasteiger partial charge < -0.3 is 5.32 Å². The van der Waals surface area contributed by atoms with Gasteiger partial charge in [0.05, 0.1) is 0 Å². The maximum Gasteiger partial charge on any atom is 0.0234 e. The van der Waals surface area contributed by atoms with E-state index in [1.807, 2.05) is 0 Å². The van der Waals surface area contributed by atoms with E-state index < -0.39 is 0 Å². The van der Waals surface area contributed by atoms with Gasteiger partial charge in [0.25, 0.3) is 0 Å². The highest BCUT2D eigenvalue weighted by molar-refractivity contribution is 7.99. The maximum atomic E-state index is 3.56. The summed E-state index contributed by atoms with van der Waals surface area (Å²) < 4.78 is 0. The summed E-state index contributed by atoms with van der Waals surface area (Å²) >= 11 is 2.08. The Balaban J connectivity index is 1.91. The summed E-state index contributed by atoms with van der Waals surface area (Å²) in [4.78, 5) is 2.51. The van der Waals surface area contributed by atoms with E-state index in [0.29, 0.717) is 0 Å². The monoisotopic (exact) mass is 292 g/mol. The Morgan fingerprint density at radius 3 is 2.70 bits per heavy atom. The van der Waals surface area contributed by atoms with Gasteiger partial charge in [0.2, 0.25) is 0 Å². The van der Waals surface area contributed by atoms with Crippen molar-refractivity contribution in [1.82, 2.24) is 10.2 Å². The van der Waals surface area contributed by atoms with E-state index in [9.17, 15) is 0 Å². The molecule has 0 aliphatic carbocycles. The van der Waals surface area contributed by atoms with Crippen LogP contribution in [0.5, 0.6) is 0 Å². The summed E-state index contributed by atoms with van der Waals surface area (Å²) in [5.74, 6) is 2.62. The highest BCUT2D eigenvalue weighted by Gasteiger charge is 2.19. The Kier molecular flexibility index (Phi) is 5.53. The Morgan fingerprint density at radius 1 is 1.30 bits per heavy atom.